The van der Waals surface area contributed by atoms with Crippen LogP contribution in [0.5, 0.6) is 0 Å². The van der Waals surface area contributed by atoms with Crippen LogP contribution in [0.15, 0.2) is 48.5 Å². The summed E-state index contributed by atoms with van der Waals surface area (Å²) < 4.78 is 3.50. The maximum Gasteiger partial charge on any atom is 0.276 e. The summed E-state index contributed by atoms with van der Waals surface area (Å²) in [5.41, 5.74) is 3.00. The summed E-state index contributed by atoms with van der Waals surface area (Å²) in [6.45, 7) is 4.79. The Hall–Kier alpha value is -4.08. The Morgan fingerprint density at radius 2 is 1.97 bits per heavy atom. The van der Waals surface area contributed by atoms with Crippen LogP contribution in [0.3, 0.4) is 0 Å². The number of nitro benzene ring substituents is 1. The van der Waals surface area contributed by atoms with Gasteiger partial charge in [0.2, 0.25) is 0 Å². The average Bonchev–Trinajstić information content (AvgIpc) is 3.32. The molecule has 0 atom stereocenters. The van der Waals surface area contributed by atoms with Crippen molar-refractivity contribution in [3.63, 3.8) is 0 Å². The largest absolute Gasteiger partial charge is 0.333 e. The number of rotatable bonds is 6. The van der Waals surface area contributed by atoms with E-state index >= 15 is 0 Å². The Bertz CT molecular complexity index is 1290. The lowest BCUT2D eigenvalue weighted by atomic mass is 10.2. The number of benzene rings is 2. The molecule has 10 heteroatoms. The fourth-order valence-corrected chi connectivity index (χ4v) is 3.57. The highest BCUT2D eigenvalue weighted by atomic mass is 16.6. The van der Waals surface area contributed by atoms with Crippen molar-refractivity contribution < 1.29 is 9.72 Å². The third-order valence-electron chi connectivity index (χ3n) is 5.16. The van der Waals surface area contributed by atoms with Gasteiger partial charge in [-0.25, -0.2) is 9.67 Å². The minimum atomic E-state index is -0.477. The Morgan fingerprint density at radius 1 is 1.19 bits per heavy atom. The van der Waals surface area contributed by atoms with Crippen LogP contribution < -0.4 is 0 Å². The Kier molecular flexibility index (Phi) is 5.20. The lowest BCUT2D eigenvalue weighted by Crippen LogP contribution is -2.28. The molecule has 0 unspecified atom stereocenters. The van der Waals surface area contributed by atoms with Gasteiger partial charge in [0.05, 0.1) is 33.9 Å². The fourth-order valence-electron chi connectivity index (χ4n) is 3.57. The zero-order chi connectivity index (χ0) is 22.1. The van der Waals surface area contributed by atoms with E-state index in [1.165, 1.54) is 16.8 Å². The number of hydrogen-bond donors (Lipinski definition) is 0. The number of nitro groups is 1. The molecule has 0 aliphatic heterocycles. The summed E-state index contributed by atoms with van der Waals surface area (Å²) >= 11 is 0. The van der Waals surface area contributed by atoms with Crippen LogP contribution in [0, 0.1) is 17.0 Å². The van der Waals surface area contributed by atoms with Crippen LogP contribution in [0.25, 0.3) is 16.7 Å². The van der Waals surface area contributed by atoms with Crippen molar-refractivity contribution in [3.05, 3.63) is 75.9 Å². The zero-order valence-electron chi connectivity index (χ0n) is 17.4. The van der Waals surface area contributed by atoms with Gasteiger partial charge in [-0.1, -0.05) is 23.4 Å². The van der Waals surface area contributed by atoms with E-state index in [1.54, 1.807) is 31.0 Å². The van der Waals surface area contributed by atoms with Gasteiger partial charge in [0, 0.05) is 25.7 Å². The number of para-hydroxylation sites is 2. The molecule has 31 heavy (non-hydrogen) atoms. The summed E-state index contributed by atoms with van der Waals surface area (Å²) in [5.74, 6) is 0.479. The first-order chi connectivity index (χ1) is 14.9. The van der Waals surface area contributed by atoms with Gasteiger partial charge in [-0.3, -0.25) is 14.9 Å². The molecule has 0 saturated carbocycles. The first kappa shape index (κ1) is 20.2. The van der Waals surface area contributed by atoms with Crippen LogP contribution in [-0.2, 0) is 13.1 Å². The molecule has 2 aromatic heterocycles. The number of carbonyl (C=O) groups is 1. The highest BCUT2D eigenvalue weighted by Crippen LogP contribution is 2.20. The van der Waals surface area contributed by atoms with Crippen molar-refractivity contribution >= 4 is 22.6 Å². The van der Waals surface area contributed by atoms with Gasteiger partial charge in [0.15, 0.2) is 5.69 Å². The second kappa shape index (κ2) is 7.98. The molecule has 0 aliphatic rings. The Labute approximate surface area is 177 Å². The van der Waals surface area contributed by atoms with Gasteiger partial charge in [-0.05, 0) is 32.0 Å². The minimum absolute atomic E-state index is 0.0594. The Balaban J connectivity index is 1.61. The van der Waals surface area contributed by atoms with Crippen molar-refractivity contribution in [1.29, 1.82) is 0 Å². The van der Waals surface area contributed by atoms with Crippen LogP contribution in [0.4, 0.5) is 5.69 Å². The number of non-ortho nitro benzene ring substituents is 1. The predicted molar refractivity (Wildman–Crippen MR) is 114 cm³/mol. The maximum absolute atomic E-state index is 13.1. The van der Waals surface area contributed by atoms with E-state index in [-0.39, 0.29) is 17.3 Å². The van der Waals surface area contributed by atoms with Crippen LogP contribution in [0.2, 0.25) is 0 Å². The number of hydrogen-bond acceptors (Lipinski definition) is 6. The van der Waals surface area contributed by atoms with E-state index in [0.29, 0.717) is 17.9 Å². The number of aryl methyl sites for hydroxylation is 1. The molecule has 0 radical (unpaired) electrons. The van der Waals surface area contributed by atoms with Gasteiger partial charge in [-0.15, -0.1) is 5.10 Å². The average molecular weight is 419 g/mol. The van der Waals surface area contributed by atoms with Crippen molar-refractivity contribution in [3.8, 4) is 5.69 Å². The zero-order valence-corrected chi connectivity index (χ0v) is 17.4. The molecular formula is C21H21N7O3. The first-order valence-electron chi connectivity index (χ1n) is 9.77. The normalized spacial score (nSPS) is 11.1. The summed E-state index contributed by atoms with van der Waals surface area (Å²) in [6, 6.07) is 13.9. The van der Waals surface area contributed by atoms with Crippen molar-refractivity contribution in [2.24, 2.45) is 0 Å². The third kappa shape index (κ3) is 3.63. The molecule has 10 nitrogen and oxygen atoms in total. The molecular weight excluding hydrogens is 398 g/mol. The molecule has 158 valence electrons. The maximum atomic E-state index is 13.1. The quantitative estimate of drug-likeness (QED) is 0.351. The number of nitrogens with zero attached hydrogens (tertiary/aromatic N) is 7. The molecule has 4 rings (SSSR count). The highest BCUT2D eigenvalue weighted by molar-refractivity contribution is 5.93. The number of carbonyl (C=O) groups excluding carboxylic acids is 1. The summed E-state index contributed by atoms with van der Waals surface area (Å²) in [6.07, 6.45) is 0. The first-order valence-corrected chi connectivity index (χ1v) is 9.77. The van der Waals surface area contributed by atoms with Gasteiger partial charge in [-0.2, -0.15) is 0 Å². The second-order valence-electron chi connectivity index (χ2n) is 7.13. The lowest BCUT2D eigenvalue weighted by molar-refractivity contribution is -0.384. The summed E-state index contributed by atoms with van der Waals surface area (Å²) in [7, 11) is 1.69. The van der Waals surface area contributed by atoms with E-state index in [0.717, 1.165) is 23.4 Å². The van der Waals surface area contributed by atoms with E-state index in [9.17, 15) is 14.9 Å². The van der Waals surface area contributed by atoms with Gasteiger partial charge >= 0.3 is 0 Å². The molecule has 0 saturated heterocycles. The van der Waals surface area contributed by atoms with Crippen LogP contribution in [0.1, 0.15) is 28.9 Å². The molecule has 1 amide bonds. The number of aromatic nitrogens is 5. The number of fused-ring (bicyclic) bond motifs is 1. The van der Waals surface area contributed by atoms with Crippen molar-refractivity contribution in [2.75, 3.05) is 7.05 Å². The predicted octanol–water partition coefficient (Wildman–Crippen LogP) is 3.13. The van der Waals surface area contributed by atoms with Gasteiger partial charge in [0.1, 0.15) is 5.82 Å². The number of imidazole rings is 1. The summed E-state index contributed by atoms with van der Waals surface area (Å²) in [5, 5.41) is 19.1. The molecule has 0 fully saturated rings. The summed E-state index contributed by atoms with van der Waals surface area (Å²) in [4.78, 5) is 29.9. The monoisotopic (exact) mass is 419 g/mol. The molecule has 0 N–H and O–H groups in total. The third-order valence-corrected chi connectivity index (χ3v) is 5.16. The highest BCUT2D eigenvalue weighted by Gasteiger charge is 2.23. The topological polar surface area (TPSA) is 112 Å². The van der Waals surface area contributed by atoms with Gasteiger partial charge < -0.3 is 9.47 Å². The van der Waals surface area contributed by atoms with E-state index in [2.05, 4.69) is 19.9 Å². The molecule has 0 bridgehead atoms. The van der Waals surface area contributed by atoms with E-state index < -0.39 is 4.92 Å². The standard InChI is InChI=1S/C21H21N7O3/c1-4-26-18-11-6-5-10-17(18)22-19(26)13-25(3)21(29)20-14(2)27(24-23-20)15-8-7-9-16(12-15)28(30)31/h5-12H,4,13H2,1-3H3. The second-order valence-corrected chi connectivity index (χ2v) is 7.13. The molecule has 0 spiro atoms. The van der Waals surface area contributed by atoms with E-state index in [4.69, 9.17) is 0 Å². The molecule has 4 aromatic rings. The van der Waals surface area contributed by atoms with Crippen LogP contribution in [-0.4, -0.2) is 47.3 Å². The smallest absolute Gasteiger partial charge is 0.276 e. The van der Waals surface area contributed by atoms with Gasteiger partial charge in [0.25, 0.3) is 11.6 Å². The SMILES string of the molecule is CCn1c(CN(C)C(=O)c2nnn(-c3cccc([N+](=O)[O-])c3)c2C)nc2ccccc21. The number of amides is 1. The fraction of sp³-hybridized carbons (Fsp3) is 0.238. The molecule has 0 aliphatic carbocycles. The Morgan fingerprint density at radius 3 is 2.71 bits per heavy atom. The van der Waals surface area contributed by atoms with Crippen molar-refractivity contribution in [1.82, 2.24) is 29.4 Å². The van der Waals surface area contributed by atoms with Crippen LogP contribution >= 0.6 is 0 Å². The minimum Gasteiger partial charge on any atom is -0.333 e. The molecule has 2 heterocycles. The van der Waals surface area contributed by atoms with Crippen molar-refractivity contribution in [2.45, 2.75) is 26.9 Å². The lowest BCUT2D eigenvalue weighted by Gasteiger charge is -2.16. The van der Waals surface area contributed by atoms with E-state index in [1.807, 2.05) is 31.2 Å². The molecule has 2 aromatic carbocycles.